The van der Waals surface area contributed by atoms with Crippen LogP contribution in [0.15, 0.2) is 53.3 Å². The predicted octanol–water partition coefficient (Wildman–Crippen LogP) is 2.94. The van der Waals surface area contributed by atoms with Crippen LogP contribution in [-0.2, 0) is 13.0 Å². The maximum absolute atomic E-state index is 13.0. The highest BCUT2D eigenvalue weighted by Gasteiger charge is 2.33. The molecule has 0 spiro atoms. The summed E-state index contributed by atoms with van der Waals surface area (Å²) in [6.45, 7) is 1.12. The van der Waals surface area contributed by atoms with Gasteiger partial charge in [0.15, 0.2) is 5.76 Å². The lowest BCUT2D eigenvalue weighted by Crippen LogP contribution is -2.36. The van der Waals surface area contributed by atoms with Crippen LogP contribution in [-0.4, -0.2) is 34.6 Å². The number of methoxy groups -OCH3 is 1. The van der Waals surface area contributed by atoms with Crippen LogP contribution in [0.3, 0.4) is 0 Å². The fourth-order valence-corrected chi connectivity index (χ4v) is 3.10. The van der Waals surface area contributed by atoms with E-state index < -0.39 is 0 Å². The van der Waals surface area contributed by atoms with Crippen molar-refractivity contribution in [3.05, 3.63) is 65.7 Å². The fraction of sp³-hybridized carbons (Fsp3) is 0.211. The number of benzene rings is 1. The van der Waals surface area contributed by atoms with Crippen LogP contribution >= 0.6 is 0 Å². The molecule has 1 aromatic carbocycles. The van der Waals surface area contributed by atoms with E-state index in [0.29, 0.717) is 42.3 Å². The summed E-state index contributed by atoms with van der Waals surface area (Å²) in [6, 6.07) is 11.3. The lowest BCUT2D eigenvalue weighted by atomic mass is 9.99. The SMILES string of the molecule is COc1ccccc1-c1noc2c1C(=O)N(Cc1cccnc1)CC2. The number of para-hydroxylation sites is 1. The molecule has 126 valence electrons. The average molecular weight is 335 g/mol. The molecule has 1 amide bonds. The minimum absolute atomic E-state index is 0.0766. The summed E-state index contributed by atoms with van der Waals surface area (Å²) in [5.41, 5.74) is 2.81. The second-order valence-corrected chi connectivity index (χ2v) is 5.87. The summed E-state index contributed by atoms with van der Waals surface area (Å²) < 4.78 is 10.8. The molecule has 1 aliphatic heterocycles. The number of pyridine rings is 1. The van der Waals surface area contributed by atoms with Crippen LogP contribution in [0.4, 0.5) is 0 Å². The van der Waals surface area contributed by atoms with E-state index in [1.807, 2.05) is 36.4 Å². The van der Waals surface area contributed by atoms with E-state index in [4.69, 9.17) is 9.26 Å². The van der Waals surface area contributed by atoms with Gasteiger partial charge in [-0.1, -0.05) is 23.4 Å². The van der Waals surface area contributed by atoms with Crippen molar-refractivity contribution in [3.63, 3.8) is 0 Å². The van der Waals surface area contributed by atoms with Gasteiger partial charge >= 0.3 is 0 Å². The quantitative estimate of drug-likeness (QED) is 0.733. The predicted molar refractivity (Wildman–Crippen MR) is 91.2 cm³/mol. The number of hydrogen-bond acceptors (Lipinski definition) is 5. The highest BCUT2D eigenvalue weighted by atomic mass is 16.5. The Morgan fingerprint density at radius 1 is 1.24 bits per heavy atom. The molecular formula is C19H17N3O3. The zero-order valence-corrected chi connectivity index (χ0v) is 13.8. The Morgan fingerprint density at radius 3 is 2.92 bits per heavy atom. The number of hydrogen-bond donors (Lipinski definition) is 0. The molecule has 25 heavy (non-hydrogen) atoms. The zero-order chi connectivity index (χ0) is 17.2. The van der Waals surface area contributed by atoms with E-state index >= 15 is 0 Å². The van der Waals surface area contributed by atoms with E-state index in [1.54, 1.807) is 24.4 Å². The number of fused-ring (bicyclic) bond motifs is 1. The van der Waals surface area contributed by atoms with Gasteiger partial charge in [0, 0.05) is 37.5 Å². The number of rotatable bonds is 4. The third kappa shape index (κ3) is 2.76. The lowest BCUT2D eigenvalue weighted by Gasteiger charge is -2.26. The van der Waals surface area contributed by atoms with Crippen molar-refractivity contribution >= 4 is 5.91 Å². The van der Waals surface area contributed by atoms with E-state index in [-0.39, 0.29) is 5.91 Å². The van der Waals surface area contributed by atoms with Gasteiger partial charge in [0.1, 0.15) is 17.0 Å². The summed E-state index contributed by atoms with van der Waals surface area (Å²) in [4.78, 5) is 19.0. The first kappa shape index (κ1) is 15.4. The van der Waals surface area contributed by atoms with Crippen LogP contribution in [0.1, 0.15) is 21.7 Å². The fourth-order valence-electron chi connectivity index (χ4n) is 3.10. The Morgan fingerprint density at radius 2 is 2.12 bits per heavy atom. The van der Waals surface area contributed by atoms with Crippen molar-refractivity contribution in [3.8, 4) is 17.0 Å². The van der Waals surface area contributed by atoms with Crippen molar-refractivity contribution in [2.75, 3.05) is 13.7 Å². The third-order valence-corrected chi connectivity index (χ3v) is 4.33. The summed E-state index contributed by atoms with van der Waals surface area (Å²) in [7, 11) is 1.60. The summed E-state index contributed by atoms with van der Waals surface area (Å²) in [5, 5.41) is 4.15. The number of ether oxygens (including phenoxy) is 1. The normalized spacial score (nSPS) is 13.6. The minimum Gasteiger partial charge on any atom is -0.496 e. The number of nitrogens with zero attached hydrogens (tertiary/aromatic N) is 3. The summed E-state index contributed by atoms with van der Waals surface area (Å²) in [5.74, 6) is 1.22. The molecule has 0 saturated carbocycles. The molecule has 0 N–H and O–H groups in total. The smallest absolute Gasteiger partial charge is 0.260 e. The van der Waals surface area contributed by atoms with E-state index in [9.17, 15) is 4.79 Å². The largest absolute Gasteiger partial charge is 0.496 e. The maximum atomic E-state index is 13.0. The Kier molecular flexibility index (Phi) is 3.93. The van der Waals surface area contributed by atoms with Crippen molar-refractivity contribution < 1.29 is 14.1 Å². The molecule has 3 aromatic rings. The van der Waals surface area contributed by atoms with E-state index in [0.717, 1.165) is 11.1 Å². The molecule has 6 nitrogen and oxygen atoms in total. The van der Waals surface area contributed by atoms with Crippen LogP contribution in [0.5, 0.6) is 5.75 Å². The van der Waals surface area contributed by atoms with Crippen molar-refractivity contribution in [1.29, 1.82) is 0 Å². The Labute approximate surface area is 145 Å². The highest BCUT2D eigenvalue weighted by molar-refractivity contribution is 6.02. The second-order valence-electron chi connectivity index (χ2n) is 5.87. The molecule has 4 rings (SSSR count). The van der Waals surface area contributed by atoms with Crippen molar-refractivity contribution in [2.45, 2.75) is 13.0 Å². The van der Waals surface area contributed by atoms with Gasteiger partial charge in [-0.05, 0) is 23.8 Å². The van der Waals surface area contributed by atoms with Gasteiger partial charge < -0.3 is 14.2 Å². The first-order valence-corrected chi connectivity index (χ1v) is 8.08. The monoisotopic (exact) mass is 335 g/mol. The Bertz CT molecular complexity index is 905. The number of carbonyl (C=O) groups is 1. The van der Waals surface area contributed by atoms with Gasteiger partial charge in [0.2, 0.25) is 0 Å². The molecule has 0 aliphatic carbocycles. The van der Waals surface area contributed by atoms with Gasteiger partial charge in [-0.3, -0.25) is 9.78 Å². The topological polar surface area (TPSA) is 68.5 Å². The number of carbonyl (C=O) groups excluding carboxylic acids is 1. The maximum Gasteiger partial charge on any atom is 0.260 e. The van der Waals surface area contributed by atoms with Crippen LogP contribution in [0, 0.1) is 0 Å². The van der Waals surface area contributed by atoms with Gasteiger partial charge in [-0.2, -0.15) is 0 Å². The molecule has 6 heteroatoms. The molecule has 0 atom stereocenters. The molecule has 0 radical (unpaired) electrons. The van der Waals surface area contributed by atoms with Crippen molar-refractivity contribution in [1.82, 2.24) is 15.0 Å². The highest BCUT2D eigenvalue weighted by Crippen LogP contribution is 2.35. The standard InChI is InChI=1S/C19H17N3O3/c1-24-15-7-3-2-6-14(15)18-17-16(25-21-18)8-10-22(19(17)23)12-13-5-4-9-20-11-13/h2-7,9,11H,8,10,12H2,1H3. The Hall–Kier alpha value is -3.15. The molecule has 1 aliphatic rings. The van der Waals surface area contributed by atoms with E-state index in [1.165, 1.54) is 0 Å². The van der Waals surface area contributed by atoms with Crippen molar-refractivity contribution in [2.24, 2.45) is 0 Å². The number of aromatic nitrogens is 2. The summed E-state index contributed by atoms with van der Waals surface area (Å²) >= 11 is 0. The summed E-state index contributed by atoms with van der Waals surface area (Å²) in [6.07, 6.45) is 4.14. The van der Waals surface area contributed by atoms with Gasteiger partial charge in [-0.15, -0.1) is 0 Å². The van der Waals surface area contributed by atoms with Crippen LogP contribution in [0.2, 0.25) is 0 Å². The second kappa shape index (κ2) is 6.39. The first-order valence-electron chi connectivity index (χ1n) is 8.08. The molecule has 0 unspecified atom stereocenters. The van der Waals surface area contributed by atoms with Gasteiger partial charge in [-0.25, -0.2) is 0 Å². The van der Waals surface area contributed by atoms with Crippen LogP contribution in [0.25, 0.3) is 11.3 Å². The molecule has 0 bridgehead atoms. The molecule has 3 heterocycles. The molecule has 2 aromatic heterocycles. The minimum atomic E-state index is -0.0766. The molecular weight excluding hydrogens is 318 g/mol. The van der Waals surface area contributed by atoms with Crippen LogP contribution < -0.4 is 4.74 Å². The molecule has 0 fully saturated rings. The van der Waals surface area contributed by atoms with Gasteiger partial charge in [0.05, 0.1) is 7.11 Å². The average Bonchev–Trinajstić information content (AvgIpc) is 3.09. The zero-order valence-electron chi connectivity index (χ0n) is 13.8. The number of amides is 1. The van der Waals surface area contributed by atoms with E-state index in [2.05, 4.69) is 10.1 Å². The lowest BCUT2D eigenvalue weighted by molar-refractivity contribution is 0.0719. The third-order valence-electron chi connectivity index (χ3n) is 4.33. The van der Waals surface area contributed by atoms with Gasteiger partial charge in [0.25, 0.3) is 5.91 Å². The molecule has 0 saturated heterocycles. The first-order chi connectivity index (χ1) is 12.3. The Balaban J connectivity index is 1.70.